The lowest BCUT2D eigenvalue weighted by Crippen LogP contribution is -2.33. The van der Waals surface area contributed by atoms with E-state index >= 15 is 0 Å². The molecule has 0 bridgehead atoms. The van der Waals surface area contributed by atoms with Gasteiger partial charge >= 0.3 is 0 Å². The van der Waals surface area contributed by atoms with Gasteiger partial charge in [-0.2, -0.15) is 0 Å². The van der Waals surface area contributed by atoms with Crippen molar-refractivity contribution in [2.24, 2.45) is 0 Å². The zero-order chi connectivity index (χ0) is 10.8. The van der Waals surface area contributed by atoms with Gasteiger partial charge in [0, 0.05) is 25.7 Å². The Balaban J connectivity index is 2.20. The Morgan fingerprint density at radius 3 is 2.80 bits per heavy atom. The molecule has 1 saturated heterocycles. The number of hydrogen-bond acceptors (Lipinski definition) is 2. The minimum atomic E-state index is -0.533. The number of nitrogens with zero attached hydrogens (tertiary/aromatic N) is 1. The normalized spacial score (nSPS) is 20.6. The van der Waals surface area contributed by atoms with Gasteiger partial charge in [0.2, 0.25) is 0 Å². The summed E-state index contributed by atoms with van der Waals surface area (Å²) in [5, 5.41) is 3.22. The molecule has 4 heteroatoms. The van der Waals surface area contributed by atoms with Crippen LogP contribution in [0.4, 0.5) is 14.5 Å². The Morgan fingerprint density at radius 2 is 2.20 bits per heavy atom. The number of nitrogens with one attached hydrogen (secondary N) is 1. The standard InChI is InChI=1S/C11H14F2N2/c1-15(9-4-5-14-7-9)11-3-2-8(12)6-10(11)13/h2-3,6,9,14H,4-5,7H2,1H3. The van der Waals surface area contributed by atoms with E-state index in [1.165, 1.54) is 12.1 Å². The van der Waals surface area contributed by atoms with E-state index in [9.17, 15) is 8.78 Å². The van der Waals surface area contributed by atoms with Gasteiger partial charge in [0.25, 0.3) is 0 Å². The Bertz CT molecular complexity index is 348. The quantitative estimate of drug-likeness (QED) is 0.803. The van der Waals surface area contributed by atoms with Gasteiger partial charge in [-0.15, -0.1) is 0 Å². The van der Waals surface area contributed by atoms with Crippen molar-refractivity contribution in [1.82, 2.24) is 5.32 Å². The van der Waals surface area contributed by atoms with E-state index in [1.807, 2.05) is 11.9 Å². The lowest BCUT2D eigenvalue weighted by atomic mass is 10.2. The molecule has 1 fully saturated rings. The van der Waals surface area contributed by atoms with Gasteiger partial charge < -0.3 is 10.2 Å². The summed E-state index contributed by atoms with van der Waals surface area (Å²) in [5.74, 6) is -1.03. The van der Waals surface area contributed by atoms with Crippen LogP contribution in [0.2, 0.25) is 0 Å². The number of hydrogen-bond donors (Lipinski definition) is 1. The molecule has 0 spiro atoms. The van der Waals surface area contributed by atoms with E-state index in [2.05, 4.69) is 5.32 Å². The van der Waals surface area contributed by atoms with Crippen LogP contribution in [0.25, 0.3) is 0 Å². The van der Waals surface area contributed by atoms with Crippen molar-refractivity contribution in [2.75, 3.05) is 25.0 Å². The third kappa shape index (κ3) is 2.09. The molecule has 0 aromatic heterocycles. The molecular weight excluding hydrogens is 198 g/mol. The zero-order valence-electron chi connectivity index (χ0n) is 8.63. The van der Waals surface area contributed by atoms with Crippen molar-refractivity contribution >= 4 is 5.69 Å². The second kappa shape index (κ2) is 4.14. The second-order valence-corrected chi connectivity index (χ2v) is 3.85. The van der Waals surface area contributed by atoms with Gasteiger partial charge in [0.15, 0.2) is 0 Å². The first kappa shape index (κ1) is 10.4. The third-order valence-corrected chi connectivity index (χ3v) is 2.87. The Kier molecular flexibility index (Phi) is 2.86. The fourth-order valence-corrected chi connectivity index (χ4v) is 1.93. The van der Waals surface area contributed by atoms with Crippen LogP contribution in [0, 0.1) is 11.6 Å². The maximum Gasteiger partial charge on any atom is 0.149 e. The molecule has 1 aliphatic heterocycles. The molecule has 0 amide bonds. The van der Waals surface area contributed by atoms with E-state index in [-0.39, 0.29) is 0 Å². The molecule has 1 aromatic carbocycles. The summed E-state index contributed by atoms with van der Waals surface area (Å²) in [6, 6.07) is 4.00. The topological polar surface area (TPSA) is 15.3 Å². The summed E-state index contributed by atoms with van der Waals surface area (Å²) in [6.07, 6.45) is 0.993. The van der Waals surface area contributed by atoms with Crippen molar-refractivity contribution in [1.29, 1.82) is 0 Å². The molecule has 1 heterocycles. The first-order chi connectivity index (χ1) is 7.18. The number of rotatable bonds is 2. The van der Waals surface area contributed by atoms with Gasteiger partial charge in [-0.25, -0.2) is 8.78 Å². The highest BCUT2D eigenvalue weighted by molar-refractivity contribution is 5.48. The van der Waals surface area contributed by atoms with Crippen LogP contribution < -0.4 is 10.2 Å². The van der Waals surface area contributed by atoms with Crippen molar-refractivity contribution in [2.45, 2.75) is 12.5 Å². The van der Waals surface area contributed by atoms with Gasteiger partial charge in [-0.1, -0.05) is 0 Å². The number of halogens is 2. The molecule has 15 heavy (non-hydrogen) atoms. The van der Waals surface area contributed by atoms with E-state index in [1.54, 1.807) is 0 Å². The van der Waals surface area contributed by atoms with Gasteiger partial charge in [0.1, 0.15) is 11.6 Å². The van der Waals surface area contributed by atoms with Crippen LogP contribution in [0.3, 0.4) is 0 Å². The summed E-state index contributed by atoms with van der Waals surface area (Å²) in [6.45, 7) is 1.81. The summed E-state index contributed by atoms with van der Waals surface area (Å²) in [7, 11) is 1.84. The molecular formula is C11H14F2N2. The van der Waals surface area contributed by atoms with Gasteiger partial charge in [-0.05, 0) is 25.1 Å². The van der Waals surface area contributed by atoms with Crippen LogP contribution in [0.15, 0.2) is 18.2 Å². The average Bonchev–Trinajstić information content (AvgIpc) is 2.69. The SMILES string of the molecule is CN(c1ccc(F)cc1F)C1CCNC1. The smallest absolute Gasteiger partial charge is 0.149 e. The number of benzene rings is 1. The maximum atomic E-state index is 13.5. The lowest BCUT2D eigenvalue weighted by Gasteiger charge is -2.26. The first-order valence-electron chi connectivity index (χ1n) is 5.07. The van der Waals surface area contributed by atoms with E-state index in [4.69, 9.17) is 0 Å². The number of likely N-dealkylation sites (N-methyl/N-ethyl adjacent to an activating group) is 1. The monoisotopic (exact) mass is 212 g/mol. The van der Waals surface area contributed by atoms with E-state index < -0.39 is 11.6 Å². The predicted molar refractivity (Wildman–Crippen MR) is 56.0 cm³/mol. The lowest BCUT2D eigenvalue weighted by molar-refractivity contribution is 0.573. The van der Waals surface area contributed by atoms with Crippen LogP contribution >= 0.6 is 0 Å². The summed E-state index contributed by atoms with van der Waals surface area (Å²) in [4.78, 5) is 1.87. The fraction of sp³-hybridized carbons (Fsp3) is 0.455. The maximum absolute atomic E-state index is 13.5. The minimum Gasteiger partial charge on any atom is -0.368 e. The predicted octanol–water partition coefficient (Wildman–Crippen LogP) is 1.76. The van der Waals surface area contributed by atoms with Crippen LogP contribution in [0.1, 0.15) is 6.42 Å². The molecule has 1 aromatic rings. The van der Waals surface area contributed by atoms with Crippen LogP contribution in [0.5, 0.6) is 0 Å². The van der Waals surface area contributed by atoms with Crippen molar-refractivity contribution < 1.29 is 8.78 Å². The van der Waals surface area contributed by atoms with E-state index in [0.29, 0.717) is 11.7 Å². The molecule has 1 N–H and O–H groups in total. The minimum absolute atomic E-state index is 0.296. The Morgan fingerprint density at radius 1 is 1.40 bits per heavy atom. The molecule has 1 aliphatic rings. The molecule has 1 unspecified atom stereocenters. The Hall–Kier alpha value is -1.16. The number of anilines is 1. The van der Waals surface area contributed by atoms with E-state index in [0.717, 1.165) is 25.6 Å². The van der Waals surface area contributed by atoms with Gasteiger partial charge in [-0.3, -0.25) is 0 Å². The molecule has 0 aliphatic carbocycles. The first-order valence-corrected chi connectivity index (χ1v) is 5.07. The Labute approximate surface area is 87.9 Å². The molecule has 2 nitrogen and oxygen atoms in total. The highest BCUT2D eigenvalue weighted by Gasteiger charge is 2.21. The molecule has 1 atom stereocenters. The summed E-state index contributed by atoms with van der Waals surface area (Å²) >= 11 is 0. The van der Waals surface area contributed by atoms with Gasteiger partial charge in [0.05, 0.1) is 5.69 Å². The van der Waals surface area contributed by atoms with Crippen LogP contribution in [-0.4, -0.2) is 26.2 Å². The average molecular weight is 212 g/mol. The molecule has 0 saturated carbocycles. The highest BCUT2D eigenvalue weighted by atomic mass is 19.1. The second-order valence-electron chi connectivity index (χ2n) is 3.85. The van der Waals surface area contributed by atoms with Crippen molar-refractivity contribution in [3.05, 3.63) is 29.8 Å². The summed E-state index contributed by atoms with van der Waals surface area (Å²) < 4.78 is 26.2. The molecule has 2 rings (SSSR count). The highest BCUT2D eigenvalue weighted by Crippen LogP contribution is 2.22. The fourth-order valence-electron chi connectivity index (χ4n) is 1.93. The van der Waals surface area contributed by atoms with Crippen molar-refractivity contribution in [3.8, 4) is 0 Å². The van der Waals surface area contributed by atoms with Crippen molar-refractivity contribution in [3.63, 3.8) is 0 Å². The largest absolute Gasteiger partial charge is 0.368 e. The molecule has 0 radical (unpaired) electrons. The summed E-state index contributed by atoms with van der Waals surface area (Å²) in [5.41, 5.74) is 0.463. The zero-order valence-corrected chi connectivity index (χ0v) is 8.63. The third-order valence-electron chi connectivity index (χ3n) is 2.87. The van der Waals surface area contributed by atoms with Crippen LogP contribution in [-0.2, 0) is 0 Å². The molecule has 82 valence electrons.